The molecule has 1 N–H and O–H groups in total. The topological polar surface area (TPSA) is 93.1 Å². The van der Waals surface area contributed by atoms with E-state index in [0.29, 0.717) is 48.1 Å². The number of nitrogens with zero attached hydrogens (tertiary/aromatic N) is 4. The van der Waals surface area contributed by atoms with Gasteiger partial charge in [-0.1, -0.05) is 0 Å². The number of nitrogens with one attached hydrogen (secondary N) is 1. The van der Waals surface area contributed by atoms with Crippen LogP contribution in [0.15, 0.2) is 43.0 Å². The molecule has 1 aliphatic heterocycles. The van der Waals surface area contributed by atoms with Crippen molar-refractivity contribution in [2.75, 3.05) is 26.0 Å². The summed E-state index contributed by atoms with van der Waals surface area (Å²) < 4.78 is 61.2. The molecule has 0 amide bonds. The van der Waals surface area contributed by atoms with Gasteiger partial charge >= 0.3 is 0 Å². The smallest absolute Gasteiger partial charge is 0.213 e. The zero-order valence-corrected chi connectivity index (χ0v) is 20.1. The van der Waals surface area contributed by atoms with Gasteiger partial charge in [0.1, 0.15) is 11.5 Å². The molecule has 0 spiro atoms. The molecule has 0 saturated carbocycles. The third-order valence-corrected chi connectivity index (χ3v) is 8.41. The third kappa shape index (κ3) is 4.30. The van der Waals surface area contributed by atoms with Crippen LogP contribution in [0.4, 0.5) is 8.78 Å². The lowest BCUT2D eigenvalue weighted by Crippen LogP contribution is -2.39. The summed E-state index contributed by atoms with van der Waals surface area (Å²) in [6.07, 6.45) is 8.40. The molecular formula is C24H25F2N5O3S. The van der Waals surface area contributed by atoms with Gasteiger partial charge in [-0.05, 0) is 31.9 Å². The van der Waals surface area contributed by atoms with E-state index in [0.717, 1.165) is 17.2 Å². The van der Waals surface area contributed by atoms with Gasteiger partial charge in [0.25, 0.3) is 0 Å². The van der Waals surface area contributed by atoms with Crippen molar-refractivity contribution in [2.24, 2.45) is 0 Å². The van der Waals surface area contributed by atoms with Crippen LogP contribution in [0, 0.1) is 11.6 Å². The van der Waals surface area contributed by atoms with Crippen LogP contribution < -0.4 is 4.74 Å². The van der Waals surface area contributed by atoms with Crippen LogP contribution in [0.1, 0.15) is 25.8 Å². The monoisotopic (exact) mass is 501 g/mol. The normalized spacial score (nSPS) is 15.7. The second kappa shape index (κ2) is 9.04. The van der Waals surface area contributed by atoms with Crippen molar-refractivity contribution >= 4 is 21.1 Å². The summed E-state index contributed by atoms with van der Waals surface area (Å²) in [5.74, 6) is -1.41. The predicted octanol–water partition coefficient (Wildman–Crippen LogP) is 4.37. The summed E-state index contributed by atoms with van der Waals surface area (Å²) in [5, 5.41) is 5.21. The Morgan fingerprint density at radius 3 is 2.60 bits per heavy atom. The highest BCUT2D eigenvalue weighted by Crippen LogP contribution is 2.38. The van der Waals surface area contributed by atoms with E-state index in [-0.39, 0.29) is 17.5 Å². The minimum Gasteiger partial charge on any atom is -0.493 e. The molecule has 1 aromatic carbocycles. The first kappa shape index (κ1) is 23.4. The van der Waals surface area contributed by atoms with Gasteiger partial charge in [-0.15, -0.1) is 0 Å². The van der Waals surface area contributed by atoms with Gasteiger partial charge in [-0.25, -0.2) is 26.5 Å². The van der Waals surface area contributed by atoms with E-state index in [9.17, 15) is 17.2 Å². The fraction of sp³-hybridized carbons (Fsp3) is 0.333. The summed E-state index contributed by atoms with van der Waals surface area (Å²) in [7, 11) is -1.84. The quantitative estimate of drug-likeness (QED) is 0.424. The first-order valence-electron chi connectivity index (χ1n) is 11.3. The van der Waals surface area contributed by atoms with E-state index in [4.69, 9.17) is 4.74 Å². The number of ether oxygens (including phenoxy) is 1. The number of hydrogen-bond donors (Lipinski definition) is 1. The molecule has 0 aliphatic carbocycles. The van der Waals surface area contributed by atoms with Gasteiger partial charge < -0.3 is 9.72 Å². The molecule has 5 rings (SSSR count). The molecule has 0 atom stereocenters. The molecule has 0 radical (unpaired) electrons. The van der Waals surface area contributed by atoms with Crippen LogP contribution in [-0.2, 0) is 10.0 Å². The maximum Gasteiger partial charge on any atom is 0.213 e. The van der Waals surface area contributed by atoms with Crippen LogP contribution in [0.5, 0.6) is 5.75 Å². The molecule has 1 fully saturated rings. The van der Waals surface area contributed by atoms with E-state index >= 15 is 0 Å². The van der Waals surface area contributed by atoms with Crippen molar-refractivity contribution in [3.05, 3.63) is 54.6 Å². The van der Waals surface area contributed by atoms with Gasteiger partial charge in [0.15, 0.2) is 11.6 Å². The van der Waals surface area contributed by atoms with E-state index in [2.05, 4.69) is 15.1 Å². The number of pyridine rings is 1. The SMILES string of the molecule is CCS(=O)(=O)N1CCC(n2cc(-c3cnc4[nH]cc(-c5cc(F)cc(F)c5OC)c4c3)cn2)CC1. The fourth-order valence-electron chi connectivity index (χ4n) is 4.61. The number of methoxy groups -OCH3 is 1. The lowest BCUT2D eigenvalue weighted by molar-refractivity contribution is 0.261. The Bertz CT molecular complexity index is 1490. The minimum atomic E-state index is -3.18. The fourth-order valence-corrected chi connectivity index (χ4v) is 5.74. The highest BCUT2D eigenvalue weighted by atomic mass is 32.2. The highest BCUT2D eigenvalue weighted by Gasteiger charge is 2.28. The predicted molar refractivity (Wildman–Crippen MR) is 129 cm³/mol. The van der Waals surface area contributed by atoms with Crippen molar-refractivity contribution in [3.63, 3.8) is 0 Å². The molecule has 35 heavy (non-hydrogen) atoms. The first-order chi connectivity index (χ1) is 16.8. The lowest BCUT2D eigenvalue weighted by Gasteiger charge is -2.31. The zero-order chi connectivity index (χ0) is 24.7. The van der Waals surface area contributed by atoms with Crippen molar-refractivity contribution in [1.82, 2.24) is 24.1 Å². The van der Waals surface area contributed by atoms with E-state index in [1.807, 2.05) is 16.9 Å². The summed E-state index contributed by atoms with van der Waals surface area (Å²) in [6, 6.07) is 4.03. The van der Waals surface area contributed by atoms with Crippen LogP contribution in [0.2, 0.25) is 0 Å². The lowest BCUT2D eigenvalue weighted by atomic mass is 10.0. The maximum atomic E-state index is 14.3. The van der Waals surface area contributed by atoms with Crippen molar-refractivity contribution in [3.8, 4) is 28.0 Å². The van der Waals surface area contributed by atoms with Crippen molar-refractivity contribution in [2.45, 2.75) is 25.8 Å². The Hall–Kier alpha value is -3.31. The number of fused-ring (bicyclic) bond motifs is 1. The number of sulfonamides is 1. The molecule has 11 heteroatoms. The van der Waals surface area contributed by atoms with Crippen molar-refractivity contribution in [1.29, 1.82) is 0 Å². The molecular weight excluding hydrogens is 476 g/mol. The van der Waals surface area contributed by atoms with Gasteiger partial charge in [0.05, 0.1) is 25.1 Å². The summed E-state index contributed by atoms with van der Waals surface area (Å²) in [5.41, 5.74) is 3.08. The molecule has 1 saturated heterocycles. The number of aromatic nitrogens is 4. The number of aromatic amines is 1. The van der Waals surface area contributed by atoms with E-state index in [1.165, 1.54) is 13.2 Å². The zero-order valence-electron chi connectivity index (χ0n) is 19.3. The summed E-state index contributed by atoms with van der Waals surface area (Å²) >= 11 is 0. The van der Waals surface area contributed by atoms with E-state index < -0.39 is 21.7 Å². The summed E-state index contributed by atoms with van der Waals surface area (Å²) in [6.45, 7) is 2.60. The first-order valence-corrected chi connectivity index (χ1v) is 12.9. The molecule has 4 aromatic rings. The Morgan fingerprint density at radius 1 is 1.11 bits per heavy atom. The van der Waals surface area contributed by atoms with Gasteiger partial charge in [-0.2, -0.15) is 5.10 Å². The highest BCUT2D eigenvalue weighted by molar-refractivity contribution is 7.89. The molecule has 1 aliphatic rings. The Balaban J connectivity index is 1.44. The number of benzene rings is 1. The standard InChI is InChI=1S/C24H25F2N5O3S/c1-3-35(32,33)30-6-4-18(5-7-30)31-14-16(12-29-31)15-8-20-21(13-28-24(20)27-11-15)19-9-17(25)10-22(26)23(19)34-2/h8-14,18H,3-7H2,1-2H3,(H,27,28). The van der Waals surface area contributed by atoms with Crippen LogP contribution in [0.25, 0.3) is 33.3 Å². The second-order valence-corrected chi connectivity index (χ2v) is 10.8. The average molecular weight is 502 g/mol. The Morgan fingerprint density at radius 2 is 1.89 bits per heavy atom. The molecule has 4 heterocycles. The van der Waals surface area contributed by atoms with Crippen molar-refractivity contribution < 1.29 is 21.9 Å². The van der Waals surface area contributed by atoms with Gasteiger partial charge in [0.2, 0.25) is 10.0 Å². The number of piperidine rings is 1. The maximum absolute atomic E-state index is 14.3. The third-order valence-electron chi connectivity index (χ3n) is 6.52. The number of halogens is 2. The number of hydrogen-bond acceptors (Lipinski definition) is 5. The minimum absolute atomic E-state index is 0.0399. The Labute approximate surface area is 201 Å². The molecule has 0 bridgehead atoms. The molecule has 184 valence electrons. The number of H-pyrrole nitrogens is 1. The summed E-state index contributed by atoms with van der Waals surface area (Å²) in [4.78, 5) is 7.53. The molecule has 8 nitrogen and oxygen atoms in total. The van der Waals surface area contributed by atoms with E-state index in [1.54, 1.807) is 29.8 Å². The van der Waals surface area contributed by atoms with Crippen LogP contribution >= 0.6 is 0 Å². The number of rotatable bonds is 6. The van der Waals surface area contributed by atoms with Crippen LogP contribution in [0.3, 0.4) is 0 Å². The van der Waals surface area contributed by atoms with Gasteiger partial charge in [-0.3, -0.25) is 4.68 Å². The molecule has 3 aromatic heterocycles. The second-order valence-electron chi connectivity index (χ2n) is 8.53. The largest absolute Gasteiger partial charge is 0.493 e. The Kier molecular flexibility index (Phi) is 6.06. The average Bonchev–Trinajstić information content (AvgIpc) is 3.51. The molecule has 0 unspecified atom stereocenters. The van der Waals surface area contributed by atoms with Gasteiger partial charge in [0, 0.05) is 65.4 Å². The van der Waals surface area contributed by atoms with Crippen LogP contribution in [-0.4, -0.2) is 58.4 Å².